The van der Waals surface area contributed by atoms with Crippen molar-refractivity contribution in [3.05, 3.63) is 65.5 Å². The number of hydrazine groups is 1. The molecule has 138 valence electrons. The summed E-state index contributed by atoms with van der Waals surface area (Å²) in [5, 5.41) is 3.12. The van der Waals surface area contributed by atoms with Gasteiger partial charge < -0.3 is 9.57 Å². The molecule has 0 fully saturated rings. The Bertz CT molecular complexity index is 926. The molecule has 0 saturated heterocycles. The zero-order valence-corrected chi connectivity index (χ0v) is 15.5. The van der Waals surface area contributed by atoms with E-state index < -0.39 is 11.9 Å². The number of thiazole rings is 1. The second-order valence-electron chi connectivity index (χ2n) is 5.43. The Balaban J connectivity index is 1.80. The molecule has 3 aromatic rings. The topological polar surface area (TPSA) is 80.8 Å². The van der Waals surface area contributed by atoms with Crippen molar-refractivity contribution in [1.29, 1.82) is 0 Å². The van der Waals surface area contributed by atoms with Gasteiger partial charge in [0.15, 0.2) is 0 Å². The minimum absolute atomic E-state index is 0.325. The summed E-state index contributed by atoms with van der Waals surface area (Å²) in [6.07, 6.45) is 0. The highest BCUT2D eigenvalue weighted by molar-refractivity contribution is 7.14. The number of benzene rings is 2. The van der Waals surface area contributed by atoms with E-state index >= 15 is 0 Å². The van der Waals surface area contributed by atoms with Crippen LogP contribution in [0, 0.1) is 0 Å². The van der Waals surface area contributed by atoms with E-state index in [9.17, 15) is 9.59 Å². The highest BCUT2D eigenvalue weighted by atomic mass is 32.1. The van der Waals surface area contributed by atoms with Crippen LogP contribution in [0.4, 0.5) is 5.13 Å². The molecule has 0 aliphatic rings. The fraction of sp³-hybridized carbons (Fsp3) is 0.105. The molecule has 3 rings (SSSR count). The van der Waals surface area contributed by atoms with Crippen LogP contribution in [-0.4, -0.2) is 24.0 Å². The van der Waals surface area contributed by atoms with E-state index in [2.05, 4.69) is 10.4 Å². The number of amides is 1. The van der Waals surface area contributed by atoms with E-state index in [4.69, 9.17) is 9.57 Å². The van der Waals surface area contributed by atoms with Gasteiger partial charge in [0.05, 0.1) is 12.8 Å². The van der Waals surface area contributed by atoms with Crippen LogP contribution in [0.15, 0.2) is 60.0 Å². The Morgan fingerprint density at radius 1 is 1.07 bits per heavy atom. The number of methoxy groups -OCH3 is 1. The van der Waals surface area contributed by atoms with Crippen LogP contribution in [0.1, 0.15) is 17.3 Å². The zero-order valence-electron chi connectivity index (χ0n) is 14.7. The highest BCUT2D eigenvalue weighted by Crippen LogP contribution is 2.27. The van der Waals surface area contributed by atoms with Crippen molar-refractivity contribution in [2.75, 3.05) is 12.3 Å². The number of rotatable bonds is 6. The fourth-order valence-electron chi connectivity index (χ4n) is 2.24. The van der Waals surface area contributed by atoms with Crippen molar-refractivity contribution in [2.24, 2.45) is 0 Å². The van der Waals surface area contributed by atoms with Gasteiger partial charge in [-0.05, 0) is 24.3 Å². The van der Waals surface area contributed by atoms with Gasteiger partial charge in [0, 0.05) is 23.4 Å². The summed E-state index contributed by atoms with van der Waals surface area (Å²) in [5.41, 5.74) is 4.56. The second-order valence-corrected chi connectivity index (χ2v) is 6.26. The Morgan fingerprint density at radius 3 is 2.41 bits per heavy atom. The third-order valence-electron chi connectivity index (χ3n) is 3.51. The maximum atomic E-state index is 12.5. The summed E-state index contributed by atoms with van der Waals surface area (Å²) in [4.78, 5) is 33.5. The van der Waals surface area contributed by atoms with Gasteiger partial charge in [0.25, 0.3) is 5.91 Å². The first-order valence-corrected chi connectivity index (χ1v) is 8.89. The molecule has 1 N–H and O–H groups in total. The maximum absolute atomic E-state index is 12.5. The van der Waals surface area contributed by atoms with E-state index in [0.717, 1.165) is 10.7 Å². The van der Waals surface area contributed by atoms with Crippen molar-refractivity contribution in [3.8, 4) is 17.0 Å². The standard InChI is InChI=1S/C19H17N3O4S/c1-13(23)26-22(21-18(24)15-8-10-16(25-2)11-9-15)19-20-17(12-27-19)14-6-4-3-5-7-14/h3-12H,1-2H3,(H,21,24). The van der Waals surface area contributed by atoms with Gasteiger partial charge in [-0.25, -0.2) is 15.2 Å². The van der Waals surface area contributed by atoms with Crippen molar-refractivity contribution in [1.82, 2.24) is 10.4 Å². The molecular weight excluding hydrogens is 366 g/mol. The molecule has 0 aliphatic carbocycles. The van der Waals surface area contributed by atoms with Crippen molar-refractivity contribution >= 4 is 28.3 Å². The summed E-state index contributed by atoms with van der Waals surface area (Å²) in [6.45, 7) is 1.25. The molecule has 1 heterocycles. The van der Waals surface area contributed by atoms with Gasteiger partial charge in [-0.3, -0.25) is 4.79 Å². The molecule has 1 aromatic heterocycles. The van der Waals surface area contributed by atoms with Crippen LogP contribution in [0.2, 0.25) is 0 Å². The van der Waals surface area contributed by atoms with Gasteiger partial charge >= 0.3 is 5.97 Å². The average Bonchev–Trinajstić information content (AvgIpc) is 3.18. The number of ether oxygens (including phenoxy) is 1. The Hall–Kier alpha value is -3.39. The van der Waals surface area contributed by atoms with Crippen LogP contribution in [0.25, 0.3) is 11.3 Å². The molecule has 0 aliphatic heterocycles. The Kier molecular flexibility index (Phi) is 5.68. The molecule has 8 heteroatoms. The van der Waals surface area contributed by atoms with E-state index in [1.54, 1.807) is 31.4 Å². The smallest absolute Gasteiger partial charge is 0.331 e. The average molecular weight is 383 g/mol. The van der Waals surface area contributed by atoms with Gasteiger partial charge in [0.1, 0.15) is 5.75 Å². The molecule has 27 heavy (non-hydrogen) atoms. The number of hydrogen-bond acceptors (Lipinski definition) is 7. The summed E-state index contributed by atoms with van der Waals surface area (Å²) < 4.78 is 5.08. The normalized spacial score (nSPS) is 10.1. The third kappa shape index (κ3) is 4.62. The lowest BCUT2D eigenvalue weighted by Gasteiger charge is -2.19. The fourth-order valence-corrected chi connectivity index (χ4v) is 2.97. The van der Waals surface area contributed by atoms with E-state index in [1.165, 1.54) is 18.3 Å². The lowest BCUT2D eigenvalue weighted by molar-refractivity contribution is -0.143. The molecule has 7 nitrogen and oxygen atoms in total. The lowest BCUT2D eigenvalue weighted by Crippen LogP contribution is -2.43. The molecule has 0 saturated carbocycles. The number of anilines is 1. The molecule has 0 radical (unpaired) electrons. The first-order valence-electron chi connectivity index (χ1n) is 8.01. The number of nitrogens with zero attached hydrogens (tertiary/aromatic N) is 2. The first-order chi connectivity index (χ1) is 13.1. The second kappa shape index (κ2) is 8.33. The summed E-state index contributed by atoms with van der Waals surface area (Å²) in [7, 11) is 1.55. The molecule has 0 atom stereocenters. The van der Waals surface area contributed by atoms with Crippen LogP contribution < -0.4 is 15.3 Å². The number of nitrogens with one attached hydrogen (secondary N) is 1. The quantitative estimate of drug-likeness (QED) is 0.657. The summed E-state index contributed by atoms with van der Waals surface area (Å²) in [6, 6.07) is 16.1. The predicted octanol–water partition coefficient (Wildman–Crippen LogP) is 3.45. The largest absolute Gasteiger partial charge is 0.497 e. The molecule has 2 aromatic carbocycles. The van der Waals surface area contributed by atoms with Crippen LogP contribution >= 0.6 is 11.3 Å². The van der Waals surface area contributed by atoms with Crippen molar-refractivity contribution < 1.29 is 19.2 Å². The van der Waals surface area contributed by atoms with Crippen LogP contribution in [-0.2, 0) is 9.63 Å². The Morgan fingerprint density at radius 2 is 1.78 bits per heavy atom. The number of carbonyl (C=O) groups is 2. The molecule has 1 amide bonds. The minimum atomic E-state index is -0.582. The predicted molar refractivity (Wildman–Crippen MR) is 102 cm³/mol. The van der Waals surface area contributed by atoms with Crippen LogP contribution in [0.5, 0.6) is 5.75 Å². The first kappa shape index (κ1) is 18.4. The highest BCUT2D eigenvalue weighted by Gasteiger charge is 2.19. The van der Waals surface area contributed by atoms with Crippen LogP contribution in [0.3, 0.4) is 0 Å². The third-order valence-corrected chi connectivity index (χ3v) is 4.32. The SMILES string of the molecule is COc1ccc(C(=O)NN(OC(C)=O)c2nc(-c3ccccc3)cs2)cc1. The monoisotopic (exact) mass is 383 g/mol. The van der Waals surface area contributed by atoms with E-state index in [0.29, 0.717) is 22.1 Å². The van der Waals surface area contributed by atoms with Crippen molar-refractivity contribution in [3.63, 3.8) is 0 Å². The maximum Gasteiger partial charge on any atom is 0.331 e. The van der Waals surface area contributed by atoms with E-state index in [1.807, 2.05) is 35.7 Å². The molecule has 0 bridgehead atoms. The Labute approximate surface area is 160 Å². The lowest BCUT2D eigenvalue weighted by atomic mass is 10.2. The molecule has 0 spiro atoms. The summed E-state index contributed by atoms with van der Waals surface area (Å²) in [5.74, 6) is -0.396. The number of hydrogen-bond donors (Lipinski definition) is 1. The van der Waals surface area contributed by atoms with Gasteiger partial charge in [0.2, 0.25) is 5.13 Å². The molecule has 0 unspecified atom stereocenters. The molecular formula is C19H17N3O4S. The van der Waals surface area contributed by atoms with E-state index in [-0.39, 0.29) is 0 Å². The summed E-state index contributed by atoms with van der Waals surface area (Å²) >= 11 is 1.24. The van der Waals surface area contributed by atoms with Gasteiger partial charge in [-0.1, -0.05) is 46.8 Å². The number of carbonyl (C=O) groups excluding carboxylic acids is 2. The number of aromatic nitrogens is 1. The van der Waals surface area contributed by atoms with Gasteiger partial charge in [-0.2, -0.15) is 0 Å². The zero-order chi connectivity index (χ0) is 19.2. The van der Waals surface area contributed by atoms with Gasteiger partial charge in [-0.15, -0.1) is 0 Å². The minimum Gasteiger partial charge on any atom is -0.497 e. The van der Waals surface area contributed by atoms with Crippen molar-refractivity contribution in [2.45, 2.75) is 6.92 Å².